The summed E-state index contributed by atoms with van der Waals surface area (Å²) in [7, 11) is 0. The lowest BCUT2D eigenvalue weighted by Gasteiger charge is -2.07. The van der Waals surface area contributed by atoms with Crippen LogP contribution in [-0.4, -0.2) is 0 Å². The molecule has 1 aromatic carbocycles. The summed E-state index contributed by atoms with van der Waals surface area (Å²) >= 11 is 8.12. The normalized spacial score (nSPS) is 10.2. The topological polar surface area (TPSA) is 0 Å². The lowest BCUT2D eigenvalue weighted by Crippen LogP contribution is -1.92. The van der Waals surface area contributed by atoms with Crippen molar-refractivity contribution in [2.45, 2.75) is 19.7 Å². The van der Waals surface area contributed by atoms with Crippen LogP contribution in [0.2, 0.25) is 0 Å². The largest absolute Gasteiger partial charge is 0.121 e. The number of hydrogen-bond acceptors (Lipinski definition) is 0. The van der Waals surface area contributed by atoms with Crippen LogP contribution in [0.3, 0.4) is 0 Å². The molecule has 0 aromatic heterocycles. The van der Waals surface area contributed by atoms with E-state index in [1.807, 2.05) is 0 Å². The van der Waals surface area contributed by atoms with Gasteiger partial charge in [0.1, 0.15) is 0 Å². The fourth-order valence-electron chi connectivity index (χ4n) is 1.00. The molecule has 0 saturated heterocycles. The molecule has 0 N–H and O–H groups in total. The number of aryl methyl sites for hydroxylation is 1. The zero-order chi connectivity index (χ0) is 8.43. The monoisotopic (exact) mass is 280 g/mol. The zero-order valence-electron chi connectivity index (χ0n) is 6.62. The fourth-order valence-corrected chi connectivity index (χ4v) is 2.35. The maximum Gasteiger partial charge on any atom is 0.0487 e. The highest BCUT2D eigenvalue weighted by Gasteiger charge is 2.03. The van der Waals surface area contributed by atoms with Crippen molar-refractivity contribution in [1.82, 2.24) is 0 Å². The molecule has 1 rings (SSSR count). The molecule has 0 spiro atoms. The second-order valence-electron chi connectivity index (χ2n) is 2.60. The van der Waals surface area contributed by atoms with Crippen LogP contribution in [0.5, 0.6) is 0 Å². The van der Waals surface area contributed by atoms with E-state index in [2.05, 4.69) is 48.6 Å². The molecule has 0 atom stereocenters. The third kappa shape index (κ3) is 1.88. The van der Waals surface area contributed by atoms with E-state index in [1.165, 1.54) is 20.3 Å². The van der Waals surface area contributed by atoms with E-state index in [4.69, 9.17) is 11.6 Å². The molecule has 0 aliphatic heterocycles. The van der Waals surface area contributed by atoms with Crippen LogP contribution in [-0.2, 0) is 5.88 Å². The Morgan fingerprint density at radius 1 is 1.36 bits per heavy atom. The van der Waals surface area contributed by atoms with E-state index in [0.29, 0.717) is 5.88 Å². The van der Waals surface area contributed by atoms with E-state index < -0.39 is 0 Å². The minimum absolute atomic E-state index is 0.617. The predicted molar refractivity (Wildman–Crippen MR) is 58.2 cm³/mol. The summed E-state index contributed by atoms with van der Waals surface area (Å²) in [6.45, 7) is 4.23. The third-order valence-electron chi connectivity index (χ3n) is 1.95. The number of hydrogen-bond donors (Lipinski definition) is 0. The molecular formula is C9H10ClI. The Balaban J connectivity index is 3.29. The van der Waals surface area contributed by atoms with E-state index in [0.717, 1.165) is 0 Å². The minimum atomic E-state index is 0.617. The van der Waals surface area contributed by atoms with Crippen molar-refractivity contribution in [2.24, 2.45) is 0 Å². The van der Waals surface area contributed by atoms with E-state index in [1.54, 1.807) is 0 Å². The van der Waals surface area contributed by atoms with Crippen LogP contribution in [0.1, 0.15) is 16.7 Å². The van der Waals surface area contributed by atoms with E-state index in [-0.39, 0.29) is 0 Å². The maximum absolute atomic E-state index is 5.80. The van der Waals surface area contributed by atoms with Gasteiger partial charge in [-0.1, -0.05) is 6.07 Å². The number of benzene rings is 1. The standard InChI is InChI=1S/C9H10ClI/c1-6-3-4-9(11)8(5-10)7(6)2/h3-4H,5H2,1-2H3. The summed E-state index contributed by atoms with van der Waals surface area (Å²) in [5.41, 5.74) is 3.92. The molecular weight excluding hydrogens is 270 g/mol. The quantitative estimate of drug-likeness (QED) is 0.544. The Labute approximate surface area is 86.1 Å². The van der Waals surface area contributed by atoms with Gasteiger partial charge in [0, 0.05) is 9.45 Å². The lowest BCUT2D eigenvalue weighted by atomic mass is 10.1. The molecule has 0 bridgehead atoms. The van der Waals surface area contributed by atoms with E-state index in [9.17, 15) is 0 Å². The van der Waals surface area contributed by atoms with Crippen LogP contribution < -0.4 is 0 Å². The first-order valence-electron chi connectivity index (χ1n) is 3.47. The molecule has 0 amide bonds. The van der Waals surface area contributed by atoms with Gasteiger partial charge in [-0.25, -0.2) is 0 Å². The number of halogens is 2. The molecule has 0 unspecified atom stereocenters. The van der Waals surface area contributed by atoms with Gasteiger partial charge in [0.25, 0.3) is 0 Å². The highest BCUT2D eigenvalue weighted by molar-refractivity contribution is 14.1. The number of alkyl halides is 1. The molecule has 0 radical (unpaired) electrons. The predicted octanol–water partition coefficient (Wildman–Crippen LogP) is 3.65. The summed E-state index contributed by atoms with van der Waals surface area (Å²) in [6, 6.07) is 4.24. The first-order valence-corrected chi connectivity index (χ1v) is 5.08. The summed E-state index contributed by atoms with van der Waals surface area (Å²) in [5, 5.41) is 0. The van der Waals surface area contributed by atoms with Crippen LogP contribution in [0, 0.1) is 17.4 Å². The molecule has 0 heterocycles. The first-order chi connectivity index (χ1) is 5.16. The Hall–Kier alpha value is 0.240. The second kappa shape index (κ2) is 3.76. The smallest absolute Gasteiger partial charge is 0.0487 e. The van der Waals surface area contributed by atoms with Crippen LogP contribution in [0.25, 0.3) is 0 Å². The third-order valence-corrected chi connectivity index (χ3v) is 3.22. The van der Waals surface area contributed by atoms with Gasteiger partial charge in [0.05, 0.1) is 0 Å². The Bertz CT molecular complexity index is 269. The van der Waals surface area contributed by atoms with Crippen LogP contribution >= 0.6 is 34.2 Å². The molecule has 0 saturated carbocycles. The molecule has 0 nitrogen and oxygen atoms in total. The molecule has 0 aliphatic carbocycles. The summed E-state index contributed by atoms with van der Waals surface area (Å²) in [5.74, 6) is 0.617. The van der Waals surface area contributed by atoms with Crippen molar-refractivity contribution in [1.29, 1.82) is 0 Å². The van der Waals surface area contributed by atoms with Gasteiger partial charge in [0.15, 0.2) is 0 Å². The lowest BCUT2D eigenvalue weighted by molar-refractivity contribution is 1.22. The Morgan fingerprint density at radius 3 is 2.45 bits per heavy atom. The summed E-state index contributed by atoms with van der Waals surface area (Å²) in [4.78, 5) is 0. The van der Waals surface area contributed by atoms with Gasteiger partial charge < -0.3 is 0 Å². The van der Waals surface area contributed by atoms with Gasteiger partial charge in [-0.05, 0) is 59.2 Å². The van der Waals surface area contributed by atoms with Gasteiger partial charge in [-0.3, -0.25) is 0 Å². The summed E-state index contributed by atoms with van der Waals surface area (Å²) in [6.07, 6.45) is 0. The van der Waals surface area contributed by atoms with Crippen molar-refractivity contribution in [3.8, 4) is 0 Å². The average Bonchev–Trinajstić information content (AvgIpc) is 1.99. The van der Waals surface area contributed by atoms with Crippen molar-refractivity contribution < 1.29 is 0 Å². The molecule has 1 aromatic rings. The Morgan fingerprint density at radius 2 is 2.00 bits per heavy atom. The number of rotatable bonds is 1. The average molecular weight is 281 g/mol. The molecule has 11 heavy (non-hydrogen) atoms. The molecule has 2 heteroatoms. The SMILES string of the molecule is Cc1ccc(I)c(CCl)c1C. The Kier molecular flexibility index (Phi) is 3.19. The summed E-state index contributed by atoms with van der Waals surface area (Å²) < 4.78 is 1.26. The van der Waals surface area contributed by atoms with Crippen LogP contribution in [0.15, 0.2) is 12.1 Å². The van der Waals surface area contributed by atoms with Gasteiger partial charge in [-0.2, -0.15) is 0 Å². The first kappa shape index (κ1) is 9.33. The second-order valence-corrected chi connectivity index (χ2v) is 4.03. The van der Waals surface area contributed by atoms with Crippen LogP contribution in [0.4, 0.5) is 0 Å². The van der Waals surface area contributed by atoms with Gasteiger partial charge in [0.2, 0.25) is 0 Å². The highest BCUT2D eigenvalue weighted by atomic mass is 127. The minimum Gasteiger partial charge on any atom is -0.121 e. The van der Waals surface area contributed by atoms with Crippen molar-refractivity contribution >= 4 is 34.2 Å². The molecule has 0 fully saturated rings. The molecule has 60 valence electrons. The van der Waals surface area contributed by atoms with E-state index >= 15 is 0 Å². The van der Waals surface area contributed by atoms with Crippen molar-refractivity contribution in [3.63, 3.8) is 0 Å². The fraction of sp³-hybridized carbons (Fsp3) is 0.333. The maximum atomic E-state index is 5.80. The molecule has 0 aliphatic rings. The van der Waals surface area contributed by atoms with Crippen molar-refractivity contribution in [3.05, 3.63) is 32.4 Å². The highest BCUT2D eigenvalue weighted by Crippen LogP contribution is 2.21. The van der Waals surface area contributed by atoms with Gasteiger partial charge >= 0.3 is 0 Å². The zero-order valence-corrected chi connectivity index (χ0v) is 9.53. The van der Waals surface area contributed by atoms with Gasteiger partial charge in [-0.15, -0.1) is 11.6 Å². The van der Waals surface area contributed by atoms with Crippen molar-refractivity contribution in [2.75, 3.05) is 0 Å².